The van der Waals surface area contributed by atoms with Crippen molar-refractivity contribution < 1.29 is 14.1 Å². The predicted octanol–water partition coefficient (Wildman–Crippen LogP) is 2.40. The molecule has 0 bridgehead atoms. The van der Waals surface area contributed by atoms with Crippen LogP contribution in [-0.2, 0) is 0 Å². The molecule has 130 valence electrons. The monoisotopic (exact) mass is 344 g/mol. The number of piperazine rings is 1. The predicted molar refractivity (Wildman–Crippen MR) is 92.5 cm³/mol. The van der Waals surface area contributed by atoms with Gasteiger partial charge in [-0.15, -0.1) is 0 Å². The highest BCUT2D eigenvalue weighted by atomic mass is 19.1. The average Bonchev–Trinajstić information content (AvgIpc) is 2.62. The summed E-state index contributed by atoms with van der Waals surface area (Å²) in [5.41, 5.74) is 0.554. The number of halogens is 1. The van der Waals surface area contributed by atoms with Crippen molar-refractivity contribution in [3.63, 3.8) is 0 Å². The molecule has 1 fully saturated rings. The van der Waals surface area contributed by atoms with Crippen molar-refractivity contribution in [1.29, 1.82) is 0 Å². The standard InChI is InChI=1S/C17H17FN4O3/c18-14-4-2-1-3-13(14)17(23)20-12-5-6-15(16(11-12)22(24)25)21-9-7-19-8-10-21/h1-6,11,19H,7-10H2,(H,20,23). The van der Waals surface area contributed by atoms with E-state index >= 15 is 0 Å². The summed E-state index contributed by atoms with van der Waals surface area (Å²) in [4.78, 5) is 25.0. The first-order valence-corrected chi connectivity index (χ1v) is 7.86. The topological polar surface area (TPSA) is 87.5 Å². The summed E-state index contributed by atoms with van der Waals surface area (Å²) in [6.45, 7) is 2.84. The summed E-state index contributed by atoms with van der Waals surface area (Å²) in [7, 11) is 0. The number of nitrogens with zero attached hydrogens (tertiary/aromatic N) is 2. The van der Waals surface area contributed by atoms with Crippen LogP contribution >= 0.6 is 0 Å². The van der Waals surface area contributed by atoms with Gasteiger partial charge in [-0.2, -0.15) is 0 Å². The minimum atomic E-state index is -0.651. The van der Waals surface area contributed by atoms with Gasteiger partial charge in [0, 0.05) is 37.9 Å². The van der Waals surface area contributed by atoms with E-state index in [-0.39, 0.29) is 16.9 Å². The lowest BCUT2D eigenvalue weighted by atomic mass is 10.1. The van der Waals surface area contributed by atoms with Gasteiger partial charge in [0.25, 0.3) is 11.6 Å². The van der Waals surface area contributed by atoms with Gasteiger partial charge in [-0.3, -0.25) is 14.9 Å². The lowest BCUT2D eigenvalue weighted by Crippen LogP contribution is -2.43. The van der Waals surface area contributed by atoms with Gasteiger partial charge in [0.2, 0.25) is 0 Å². The van der Waals surface area contributed by atoms with Crippen molar-refractivity contribution >= 4 is 23.0 Å². The number of hydrogen-bond acceptors (Lipinski definition) is 5. The Labute approximate surface area is 143 Å². The number of amides is 1. The molecule has 2 N–H and O–H groups in total. The Morgan fingerprint density at radius 1 is 1.20 bits per heavy atom. The molecular formula is C17H17FN4O3. The van der Waals surface area contributed by atoms with E-state index in [2.05, 4.69) is 10.6 Å². The molecule has 1 saturated heterocycles. The molecular weight excluding hydrogens is 327 g/mol. The molecule has 0 aliphatic carbocycles. The van der Waals surface area contributed by atoms with Crippen molar-refractivity contribution in [1.82, 2.24) is 5.32 Å². The van der Waals surface area contributed by atoms with Crippen LogP contribution in [0.5, 0.6) is 0 Å². The molecule has 0 atom stereocenters. The molecule has 2 aromatic rings. The third-order valence-electron chi connectivity index (χ3n) is 4.01. The number of nitrogens with one attached hydrogen (secondary N) is 2. The maximum atomic E-state index is 13.7. The van der Waals surface area contributed by atoms with E-state index < -0.39 is 16.6 Å². The normalized spacial score (nSPS) is 14.2. The molecule has 0 unspecified atom stereocenters. The van der Waals surface area contributed by atoms with Crippen LogP contribution in [0.3, 0.4) is 0 Å². The molecule has 2 aromatic carbocycles. The first kappa shape index (κ1) is 16.8. The fourth-order valence-corrected chi connectivity index (χ4v) is 2.76. The minimum Gasteiger partial charge on any atom is -0.363 e. The van der Waals surface area contributed by atoms with Crippen LogP contribution in [0, 0.1) is 15.9 Å². The van der Waals surface area contributed by atoms with Crippen LogP contribution in [0.2, 0.25) is 0 Å². The maximum absolute atomic E-state index is 13.7. The SMILES string of the molecule is O=C(Nc1ccc(N2CCNCC2)c([N+](=O)[O-])c1)c1ccccc1F. The van der Waals surface area contributed by atoms with Crippen LogP contribution in [-0.4, -0.2) is 37.0 Å². The molecule has 1 amide bonds. The second kappa shape index (κ2) is 7.27. The second-order valence-corrected chi connectivity index (χ2v) is 5.63. The fourth-order valence-electron chi connectivity index (χ4n) is 2.76. The van der Waals surface area contributed by atoms with Gasteiger partial charge < -0.3 is 15.5 Å². The van der Waals surface area contributed by atoms with Crippen LogP contribution in [0.4, 0.5) is 21.5 Å². The molecule has 0 aromatic heterocycles. The number of nitro benzene ring substituents is 1. The summed E-state index contributed by atoms with van der Waals surface area (Å²) >= 11 is 0. The molecule has 0 saturated carbocycles. The molecule has 25 heavy (non-hydrogen) atoms. The summed E-state index contributed by atoms with van der Waals surface area (Å²) in [6.07, 6.45) is 0. The average molecular weight is 344 g/mol. The molecule has 1 aliphatic rings. The van der Waals surface area contributed by atoms with E-state index in [9.17, 15) is 19.3 Å². The van der Waals surface area contributed by atoms with Gasteiger partial charge >= 0.3 is 0 Å². The third kappa shape index (κ3) is 3.74. The number of carbonyl (C=O) groups excluding carboxylic acids is 1. The van der Waals surface area contributed by atoms with Crippen molar-refractivity contribution in [2.45, 2.75) is 0 Å². The molecule has 0 radical (unpaired) electrons. The maximum Gasteiger partial charge on any atom is 0.294 e. The highest BCUT2D eigenvalue weighted by Gasteiger charge is 2.22. The molecule has 7 nitrogen and oxygen atoms in total. The number of benzene rings is 2. The number of carbonyl (C=O) groups is 1. The highest BCUT2D eigenvalue weighted by Crippen LogP contribution is 2.31. The first-order chi connectivity index (χ1) is 12.1. The van der Waals surface area contributed by atoms with Crippen LogP contribution in [0.15, 0.2) is 42.5 Å². The lowest BCUT2D eigenvalue weighted by Gasteiger charge is -2.29. The zero-order valence-corrected chi connectivity index (χ0v) is 13.4. The summed E-state index contributed by atoms with van der Waals surface area (Å²) in [6, 6.07) is 10.1. The van der Waals surface area contributed by atoms with Gasteiger partial charge in [0.1, 0.15) is 11.5 Å². The van der Waals surface area contributed by atoms with Crippen molar-refractivity contribution in [3.8, 4) is 0 Å². The largest absolute Gasteiger partial charge is 0.363 e. The van der Waals surface area contributed by atoms with Crippen molar-refractivity contribution in [3.05, 3.63) is 64.0 Å². The molecule has 1 aliphatic heterocycles. The fraction of sp³-hybridized carbons (Fsp3) is 0.235. The Hall–Kier alpha value is -3.00. The zero-order chi connectivity index (χ0) is 17.8. The Balaban J connectivity index is 1.85. The minimum absolute atomic E-state index is 0.0896. The van der Waals surface area contributed by atoms with E-state index in [1.54, 1.807) is 18.2 Å². The van der Waals surface area contributed by atoms with Crippen LogP contribution < -0.4 is 15.5 Å². The quantitative estimate of drug-likeness (QED) is 0.657. The van der Waals surface area contributed by atoms with Gasteiger partial charge in [0.05, 0.1) is 10.5 Å². The van der Waals surface area contributed by atoms with E-state index in [1.807, 2.05) is 4.90 Å². The first-order valence-electron chi connectivity index (χ1n) is 7.86. The van der Waals surface area contributed by atoms with Gasteiger partial charge in [-0.1, -0.05) is 12.1 Å². The Bertz CT molecular complexity index is 806. The van der Waals surface area contributed by atoms with E-state index in [4.69, 9.17) is 0 Å². The van der Waals surface area contributed by atoms with Crippen molar-refractivity contribution in [2.75, 3.05) is 36.4 Å². The Morgan fingerprint density at radius 2 is 1.92 bits per heavy atom. The summed E-state index contributed by atoms with van der Waals surface area (Å²) < 4.78 is 13.7. The second-order valence-electron chi connectivity index (χ2n) is 5.63. The number of hydrogen-bond donors (Lipinski definition) is 2. The van der Waals surface area contributed by atoms with Gasteiger partial charge in [-0.05, 0) is 24.3 Å². The Kier molecular flexibility index (Phi) is 4.90. The van der Waals surface area contributed by atoms with E-state index in [1.165, 1.54) is 24.3 Å². The van der Waals surface area contributed by atoms with Gasteiger partial charge in [0.15, 0.2) is 0 Å². The summed E-state index contributed by atoms with van der Waals surface area (Å²) in [5, 5.41) is 17.1. The molecule has 8 heteroatoms. The number of rotatable bonds is 4. The highest BCUT2D eigenvalue weighted by molar-refractivity contribution is 6.04. The zero-order valence-electron chi connectivity index (χ0n) is 13.4. The van der Waals surface area contributed by atoms with Crippen LogP contribution in [0.25, 0.3) is 0 Å². The number of nitro groups is 1. The Morgan fingerprint density at radius 3 is 2.60 bits per heavy atom. The molecule has 3 rings (SSSR count). The number of anilines is 2. The van der Waals surface area contributed by atoms with E-state index in [0.29, 0.717) is 18.8 Å². The van der Waals surface area contributed by atoms with Gasteiger partial charge in [-0.25, -0.2) is 4.39 Å². The third-order valence-corrected chi connectivity index (χ3v) is 4.01. The van der Waals surface area contributed by atoms with Crippen LogP contribution in [0.1, 0.15) is 10.4 Å². The molecule has 1 heterocycles. The van der Waals surface area contributed by atoms with Crippen molar-refractivity contribution in [2.24, 2.45) is 0 Å². The lowest BCUT2D eigenvalue weighted by molar-refractivity contribution is -0.384. The summed E-state index contributed by atoms with van der Waals surface area (Å²) in [5.74, 6) is -1.30. The molecule has 0 spiro atoms. The smallest absolute Gasteiger partial charge is 0.294 e. The van der Waals surface area contributed by atoms with E-state index in [0.717, 1.165) is 13.1 Å².